The average molecular weight is 1380 g/mol. The molecule has 2 saturated heterocycles. The van der Waals surface area contributed by atoms with Gasteiger partial charge in [-0.05, 0) is 150 Å². The zero-order valence-corrected chi connectivity index (χ0v) is 69.3. The molecule has 0 atom stereocenters. The van der Waals surface area contributed by atoms with E-state index in [1.54, 1.807) is 12.2 Å². The van der Waals surface area contributed by atoms with Crippen molar-refractivity contribution in [2.24, 2.45) is 10.8 Å². The number of benzene rings is 1. The zero-order valence-electron chi connectivity index (χ0n) is 69.3. The average Bonchev–Trinajstić information content (AvgIpc) is 0.857. The molecular formula is C94H170O5. The van der Waals surface area contributed by atoms with Crippen molar-refractivity contribution in [3.63, 3.8) is 0 Å². The Kier molecular flexibility index (Phi) is 113. The van der Waals surface area contributed by atoms with Gasteiger partial charge in [-0.3, -0.25) is 0 Å². The Morgan fingerprint density at radius 3 is 1.10 bits per heavy atom. The first-order valence-corrected chi connectivity index (χ1v) is 39.8. The molecule has 2 aliphatic heterocycles. The van der Waals surface area contributed by atoms with E-state index in [2.05, 4.69) is 211 Å². The van der Waals surface area contributed by atoms with E-state index in [1.165, 1.54) is 203 Å². The third kappa shape index (κ3) is 107. The van der Waals surface area contributed by atoms with Crippen LogP contribution in [0.5, 0.6) is 5.75 Å². The number of rotatable bonds is 46. The van der Waals surface area contributed by atoms with Gasteiger partial charge >= 0.3 is 0 Å². The summed E-state index contributed by atoms with van der Waals surface area (Å²) in [5.74, 6) is 0.953. The molecule has 2 aliphatic rings. The highest BCUT2D eigenvalue weighted by Crippen LogP contribution is 2.32. The SMILES string of the molecule is C=C/C=C/C.C=C/C=C/CC.C=C/C=C/CCCC.C=C/C=C/CCCCC.C=CCCCC.C=CCCCCC.C=CCCCOc1ccc(C)cc1.CCCC/C=C/C=C(C)C.CCCC=C(C)C.CCCCCCCOCC1(CC)COC1.CCCCCOCC1(CC)COC1. The molecule has 5 heteroatoms. The minimum absolute atomic E-state index is 0.365. The van der Waals surface area contributed by atoms with Crippen molar-refractivity contribution in [1.82, 2.24) is 0 Å². The van der Waals surface area contributed by atoms with Gasteiger partial charge in [0.2, 0.25) is 0 Å². The van der Waals surface area contributed by atoms with Gasteiger partial charge in [-0.25, -0.2) is 0 Å². The molecule has 1 aromatic carbocycles. The predicted octanol–water partition coefficient (Wildman–Crippen LogP) is 31.0. The largest absolute Gasteiger partial charge is 0.494 e. The van der Waals surface area contributed by atoms with E-state index in [0.29, 0.717) is 10.8 Å². The molecule has 0 amide bonds. The third-order valence-electron chi connectivity index (χ3n) is 15.1. The fraction of sp³-hybridized carbons (Fsp3) is 0.638. The predicted molar refractivity (Wildman–Crippen MR) is 457 cm³/mol. The second kappa shape index (κ2) is 102. The van der Waals surface area contributed by atoms with E-state index in [4.69, 9.17) is 23.7 Å². The van der Waals surface area contributed by atoms with Gasteiger partial charge in [0.15, 0.2) is 0 Å². The molecule has 0 N–H and O–H groups in total. The van der Waals surface area contributed by atoms with Crippen LogP contribution in [0.15, 0.2) is 197 Å². The van der Waals surface area contributed by atoms with E-state index in [1.807, 2.05) is 79.8 Å². The van der Waals surface area contributed by atoms with Crippen LogP contribution in [0.1, 0.15) is 322 Å². The standard InChI is InChI=1S/C13H26O2.C12H16O.C11H22O2.C10H18.C9H16.C8H14.2C7H14.C6H12.C6H10.C5H8/c1-3-5-6-7-8-9-14-10-13(4-2)11-15-12-13;1-3-4-5-10-13-12-8-6-11(2)7-9-12;1-3-5-6-7-12-8-11(4-2)9-13-10-11;1-4-5-6-7-8-9-10(2)3;1-3-5-7-9-8-6-4-2;1-3-5-7-8-6-4-2;1-4-5-6-7(2)3;1-3-5-7-6-4-2;2*1-3-5-6-4-2;1-3-5-4-2/h3-12H2,1-2H3;3,6-9H,1,4-5,10H2,2H3;3-10H2,1-2H3;7-9H,4-6H2,1-3H3;3,5,7H,1,4,6,8-9H2,2H3;3,5,7H,1,4,6,8H2,2H3;6H,4-5H2,1-3H3;3H,1,4-7H2,2H3;3H,1,4-6H2,2H3;3,5-6H,1,4H2,2H3;3-5H,1H2,2H3/b;;;8-7+;2*7-5+;;;;6-5+;5-4+. The molecule has 0 bridgehead atoms. The maximum Gasteiger partial charge on any atom is 0.119 e. The highest BCUT2D eigenvalue weighted by atomic mass is 16.5. The normalized spacial score (nSPS) is 12.3. The zero-order chi connectivity index (χ0) is 76.1. The van der Waals surface area contributed by atoms with Crippen LogP contribution < -0.4 is 4.74 Å². The number of hydrogen-bond donors (Lipinski definition) is 0. The molecule has 99 heavy (non-hydrogen) atoms. The smallest absolute Gasteiger partial charge is 0.119 e. The summed E-state index contributed by atoms with van der Waals surface area (Å²) in [6.07, 6.45) is 78.1. The maximum atomic E-state index is 5.73. The minimum atomic E-state index is 0.365. The fourth-order valence-corrected chi connectivity index (χ4v) is 8.04. The van der Waals surface area contributed by atoms with Gasteiger partial charge in [-0.2, -0.15) is 0 Å². The van der Waals surface area contributed by atoms with Crippen LogP contribution in [0, 0.1) is 17.8 Å². The van der Waals surface area contributed by atoms with Crippen LogP contribution in [0.4, 0.5) is 0 Å². The van der Waals surface area contributed by atoms with Gasteiger partial charge in [-0.1, -0.05) is 356 Å². The molecule has 0 aliphatic carbocycles. The summed E-state index contributed by atoms with van der Waals surface area (Å²) < 4.78 is 27.4. The molecule has 0 aromatic heterocycles. The Morgan fingerprint density at radius 2 is 0.768 bits per heavy atom. The lowest BCUT2D eigenvalue weighted by Crippen LogP contribution is -2.45. The number of hydrogen-bond acceptors (Lipinski definition) is 5. The fourth-order valence-electron chi connectivity index (χ4n) is 8.04. The number of aryl methyl sites for hydroxylation is 1. The van der Waals surface area contributed by atoms with Crippen molar-refractivity contribution in [3.8, 4) is 5.75 Å². The highest BCUT2D eigenvalue weighted by molar-refractivity contribution is 5.26. The van der Waals surface area contributed by atoms with E-state index in [9.17, 15) is 0 Å². The second-order valence-corrected chi connectivity index (χ2v) is 25.9. The van der Waals surface area contributed by atoms with Crippen LogP contribution in [-0.4, -0.2) is 59.5 Å². The van der Waals surface area contributed by atoms with Gasteiger partial charge in [0.25, 0.3) is 0 Å². The van der Waals surface area contributed by atoms with Crippen molar-refractivity contribution in [3.05, 3.63) is 202 Å². The van der Waals surface area contributed by atoms with Gasteiger partial charge in [-0.15, -0.1) is 19.7 Å². The van der Waals surface area contributed by atoms with Gasteiger partial charge in [0.1, 0.15) is 5.75 Å². The Hall–Kier alpha value is -4.78. The first-order chi connectivity index (χ1) is 48.0. The number of allylic oxidation sites excluding steroid dienone is 21. The Morgan fingerprint density at radius 1 is 0.394 bits per heavy atom. The Balaban J connectivity index is -0.000000156. The third-order valence-corrected chi connectivity index (χ3v) is 15.1. The molecule has 0 saturated carbocycles. The lowest BCUT2D eigenvalue weighted by molar-refractivity contribution is -0.150. The monoisotopic (exact) mass is 1380 g/mol. The van der Waals surface area contributed by atoms with Gasteiger partial charge in [0.05, 0.1) is 46.2 Å². The Labute approximate surface area is 622 Å². The van der Waals surface area contributed by atoms with E-state index in [0.717, 1.165) is 84.5 Å². The van der Waals surface area contributed by atoms with Crippen LogP contribution in [0.2, 0.25) is 0 Å². The molecule has 0 unspecified atom stereocenters. The van der Waals surface area contributed by atoms with E-state index < -0.39 is 0 Å². The van der Waals surface area contributed by atoms with Crippen molar-refractivity contribution >= 4 is 0 Å². The summed E-state index contributed by atoms with van der Waals surface area (Å²) in [5, 5.41) is 0. The lowest BCUT2D eigenvalue weighted by atomic mass is 9.84. The first-order valence-electron chi connectivity index (χ1n) is 39.8. The lowest BCUT2D eigenvalue weighted by Gasteiger charge is -2.40. The van der Waals surface area contributed by atoms with Crippen LogP contribution in [-0.2, 0) is 18.9 Å². The Bertz CT molecular complexity index is 1940. The molecule has 3 rings (SSSR count). The van der Waals surface area contributed by atoms with Crippen LogP contribution >= 0.6 is 0 Å². The summed E-state index contributed by atoms with van der Waals surface area (Å²) in [4.78, 5) is 0. The number of ether oxygens (including phenoxy) is 5. The van der Waals surface area contributed by atoms with Crippen molar-refractivity contribution in [2.45, 2.75) is 323 Å². The molecule has 576 valence electrons. The number of unbranched alkanes of at least 4 members (excludes halogenated alkanes) is 20. The van der Waals surface area contributed by atoms with Crippen molar-refractivity contribution < 1.29 is 23.7 Å². The summed E-state index contributed by atoms with van der Waals surface area (Å²) in [6, 6.07) is 8.12. The quantitative estimate of drug-likeness (QED) is 0.0370. The molecular weight excluding hydrogens is 1210 g/mol. The van der Waals surface area contributed by atoms with Crippen LogP contribution in [0.3, 0.4) is 0 Å². The summed E-state index contributed by atoms with van der Waals surface area (Å²) in [5.41, 5.74) is 4.79. The maximum absolute atomic E-state index is 5.73. The van der Waals surface area contributed by atoms with Crippen molar-refractivity contribution in [2.75, 3.05) is 59.5 Å². The molecule has 1 aromatic rings. The molecule has 2 fully saturated rings. The first kappa shape index (κ1) is 110. The molecule has 5 nitrogen and oxygen atoms in total. The highest BCUT2D eigenvalue weighted by Gasteiger charge is 2.37. The summed E-state index contributed by atoms with van der Waals surface area (Å²) >= 11 is 0. The van der Waals surface area contributed by atoms with Gasteiger partial charge in [0, 0.05) is 24.0 Å². The molecule has 0 spiro atoms. The summed E-state index contributed by atoms with van der Waals surface area (Å²) in [7, 11) is 0. The topological polar surface area (TPSA) is 46.2 Å². The molecule has 2 heterocycles. The van der Waals surface area contributed by atoms with Crippen molar-refractivity contribution in [1.29, 1.82) is 0 Å². The van der Waals surface area contributed by atoms with Crippen LogP contribution in [0.25, 0.3) is 0 Å². The molecule has 0 radical (unpaired) electrons. The summed E-state index contributed by atoms with van der Waals surface area (Å²) in [6.45, 7) is 69.8. The van der Waals surface area contributed by atoms with E-state index >= 15 is 0 Å². The minimum Gasteiger partial charge on any atom is -0.494 e. The van der Waals surface area contributed by atoms with E-state index in [-0.39, 0.29) is 0 Å². The van der Waals surface area contributed by atoms with Gasteiger partial charge < -0.3 is 23.7 Å². The second-order valence-electron chi connectivity index (χ2n) is 25.9.